The molecule has 140 valence electrons. The van der Waals surface area contributed by atoms with Crippen LogP contribution in [0.4, 0.5) is 14.5 Å². The minimum atomic E-state index is -4.23. The minimum Gasteiger partial charge on any atom is -0.489 e. The fourth-order valence-corrected chi connectivity index (χ4v) is 3.83. The average molecular weight is 404 g/mol. The quantitative estimate of drug-likeness (QED) is 0.792. The zero-order valence-corrected chi connectivity index (χ0v) is 15.1. The van der Waals surface area contributed by atoms with E-state index in [0.717, 1.165) is 25.0 Å². The standard InChI is InChI=1S/C17H16ClF2NO4S/c18-11-3-4-17(25-10-14-2-1-5-24-14)16(6-11)21-26(22,23)15-8-12(19)7-13(20)9-15/h3-4,6-9,14,21H,1-2,5,10H2/t14-/m0/s1. The van der Waals surface area contributed by atoms with Crippen LogP contribution in [-0.2, 0) is 14.8 Å². The first-order chi connectivity index (χ1) is 12.3. The van der Waals surface area contributed by atoms with E-state index < -0.39 is 26.6 Å². The number of rotatable bonds is 6. The van der Waals surface area contributed by atoms with Gasteiger partial charge < -0.3 is 9.47 Å². The lowest BCUT2D eigenvalue weighted by atomic mass is 10.2. The summed E-state index contributed by atoms with van der Waals surface area (Å²) in [6.07, 6.45) is 1.74. The monoisotopic (exact) mass is 403 g/mol. The van der Waals surface area contributed by atoms with Gasteiger partial charge in [0.25, 0.3) is 10.0 Å². The highest BCUT2D eigenvalue weighted by Gasteiger charge is 2.21. The van der Waals surface area contributed by atoms with Crippen LogP contribution in [0.2, 0.25) is 5.02 Å². The molecule has 0 radical (unpaired) electrons. The van der Waals surface area contributed by atoms with Gasteiger partial charge in [0.1, 0.15) is 24.0 Å². The van der Waals surface area contributed by atoms with E-state index in [0.29, 0.717) is 12.7 Å². The summed E-state index contributed by atoms with van der Waals surface area (Å²) in [7, 11) is -4.23. The normalized spacial score (nSPS) is 17.3. The van der Waals surface area contributed by atoms with Gasteiger partial charge in [0.2, 0.25) is 0 Å². The summed E-state index contributed by atoms with van der Waals surface area (Å²) in [5, 5.41) is 0.276. The summed E-state index contributed by atoms with van der Waals surface area (Å²) in [6, 6.07) is 6.47. The van der Waals surface area contributed by atoms with Crippen molar-refractivity contribution in [3.8, 4) is 5.75 Å². The predicted molar refractivity (Wildman–Crippen MR) is 93.1 cm³/mol. The molecule has 1 aliphatic rings. The van der Waals surface area contributed by atoms with Crippen LogP contribution in [-0.4, -0.2) is 27.7 Å². The Morgan fingerprint density at radius 2 is 1.92 bits per heavy atom. The van der Waals surface area contributed by atoms with Gasteiger partial charge in [-0.3, -0.25) is 4.72 Å². The summed E-state index contributed by atoms with van der Waals surface area (Å²) in [6.45, 7) is 0.921. The fraction of sp³-hybridized carbons (Fsp3) is 0.294. The van der Waals surface area contributed by atoms with Crippen LogP contribution in [0.1, 0.15) is 12.8 Å². The van der Waals surface area contributed by atoms with Gasteiger partial charge in [-0.25, -0.2) is 17.2 Å². The van der Waals surface area contributed by atoms with Crippen LogP contribution in [0.15, 0.2) is 41.3 Å². The maximum atomic E-state index is 13.3. The van der Waals surface area contributed by atoms with Crippen LogP contribution < -0.4 is 9.46 Å². The van der Waals surface area contributed by atoms with Gasteiger partial charge in [0, 0.05) is 17.7 Å². The molecule has 0 aromatic heterocycles. The Balaban J connectivity index is 1.84. The number of hydrogen-bond acceptors (Lipinski definition) is 4. The highest BCUT2D eigenvalue weighted by Crippen LogP contribution is 2.31. The van der Waals surface area contributed by atoms with Crippen molar-refractivity contribution >= 4 is 27.3 Å². The molecule has 0 saturated carbocycles. The number of ether oxygens (including phenoxy) is 2. The molecule has 1 atom stereocenters. The lowest BCUT2D eigenvalue weighted by Crippen LogP contribution is -2.18. The Bertz CT molecular complexity index is 881. The van der Waals surface area contributed by atoms with Crippen LogP contribution >= 0.6 is 11.6 Å². The Morgan fingerprint density at radius 1 is 1.19 bits per heavy atom. The van der Waals surface area contributed by atoms with E-state index in [1.807, 2.05) is 0 Å². The summed E-state index contributed by atoms with van der Waals surface area (Å²) in [5.41, 5.74) is 0.0696. The first-order valence-electron chi connectivity index (χ1n) is 7.86. The Hall–Kier alpha value is -1.90. The molecule has 0 unspecified atom stereocenters. The smallest absolute Gasteiger partial charge is 0.262 e. The van der Waals surface area contributed by atoms with Crippen LogP contribution in [0.3, 0.4) is 0 Å². The van der Waals surface area contributed by atoms with Gasteiger partial charge in [-0.15, -0.1) is 0 Å². The third-order valence-corrected chi connectivity index (χ3v) is 5.36. The molecule has 1 heterocycles. The number of sulfonamides is 1. The largest absolute Gasteiger partial charge is 0.489 e. The number of nitrogens with one attached hydrogen (secondary N) is 1. The van der Waals surface area contributed by atoms with Crippen LogP contribution in [0.25, 0.3) is 0 Å². The van der Waals surface area contributed by atoms with E-state index in [-0.39, 0.29) is 29.2 Å². The topological polar surface area (TPSA) is 64.6 Å². The van der Waals surface area contributed by atoms with Crippen molar-refractivity contribution < 1.29 is 26.7 Å². The van der Waals surface area contributed by atoms with Crippen LogP contribution in [0.5, 0.6) is 5.75 Å². The number of hydrogen-bond donors (Lipinski definition) is 1. The maximum absolute atomic E-state index is 13.3. The SMILES string of the molecule is O=S(=O)(Nc1cc(Cl)ccc1OC[C@@H]1CCCO1)c1cc(F)cc(F)c1. The third-order valence-electron chi connectivity index (χ3n) is 3.78. The molecule has 2 aromatic carbocycles. The molecular formula is C17H16ClF2NO4S. The van der Waals surface area contributed by atoms with Crippen molar-refractivity contribution in [2.75, 3.05) is 17.9 Å². The molecule has 0 bridgehead atoms. The molecule has 2 aromatic rings. The molecular weight excluding hydrogens is 388 g/mol. The molecule has 1 N–H and O–H groups in total. The van der Waals surface area contributed by atoms with E-state index in [4.69, 9.17) is 21.1 Å². The number of anilines is 1. The summed E-state index contributed by atoms with van der Waals surface area (Å²) in [4.78, 5) is -0.542. The lowest BCUT2D eigenvalue weighted by Gasteiger charge is -2.16. The third kappa shape index (κ3) is 4.63. The fourth-order valence-electron chi connectivity index (χ4n) is 2.55. The van der Waals surface area contributed by atoms with Gasteiger partial charge in [0.05, 0.1) is 16.7 Å². The van der Waals surface area contributed by atoms with E-state index in [1.165, 1.54) is 12.1 Å². The molecule has 3 rings (SSSR count). The van der Waals surface area contributed by atoms with Crippen LogP contribution in [0, 0.1) is 11.6 Å². The minimum absolute atomic E-state index is 0.0625. The van der Waals surface area contributed by atoms with Gasteiger partial charge in [-0.05, 0) is 43.2 Å². The number of benzene rings is 2. The van der Waals surface area contributed by atoms with E-state index in [9.17, 15) is 17.2 Å². The van der Waals surface area contributed by atoms with E-state index in [2.05, 4.69) is 4.72 Å². The molecule has 9 heteroatoms. The molecule has 1 fully saturated rings. The molecule has 5 nitrogen and oxygen atoms in total. The van der Waals surface area contributed by atoms with Gasteiger partial charge in [-0.1, -0.05) is 11.6 Å². The molecule has 0 amide bonds. The van der Waals surface area contributed by atoms with Gasteiger partial charge >= 0.3 is 0 Å². The van der Waals surface area contributed by atoms with Gasteiger partial charge in [-0.2, -0.15) is 0 Å². The molecule has 26 heavy (non-hydrogen) atoms. The second-order valence-corrected chi connectivity index (χ2v) is 7.92. The van der Waals surface area contributed by atoms with Crippen molar-refractivity contribution in [3.63, 3.8) is 0 Å². The van der Waals surface area contributed by atoms with Crippen molar-refractivity contribution in [1.29, 1.82) is 0 Å². The average Bonchev–Trinajstić information content (AvgIpc) is 3.06. The Kier molecular flexibility index (Phi) is 5.64. The van der Waals surface area contributed by atoms with Gasteiger partial charge in [0.15, 0.2) is 0 Å². The van der Waals surface area contributed by atoms with Crippen molar-refractivity contribution in [2.24, 2.45) is 0 Å². The molecule has 0 aliphatic carbocycles. The summed E-state index contributed by atoms with van der Waals surface area (Å²) < 4.78 is 65.0. The zero-order chi connectivity index (χ0) is 18.7. The second-order valence-electron chi connectivity index (χ2n) is 5.80. The van der Waals surface area contributed by atoms with Crippen molar-refractivity contribution in [2.45, 2.75) is 23.8 Å². The summed E-state index contributed by atoms with van der Waals surface area (Å²) in [5.74, 6) is -1.75. The maximum Gasteiger partial charge on any atom is 0.262 e. The zero-order valence-electron chi connectivity index (χ0n) is 13.5. The number of halogens is 3. The lowest BCUT2D eigenvalue weighted by molar-refractivity contribution is 0.0682. The van der Waals surface area contributed by atoms with Crippen molar-refractivity contribution in [1.82, 2.24) is 0 Å². The highest BCUT2D eigenvalue weighted by atomic mass is 35.5. The highest BCUT2D eigenvalue weighted by molar-refractivity contribution is 7.92. The molecule has 1 saturated heterocycles. The predicted octanol–water partition coefficient (Wildman–Crippen LogP) is 3.98. The first kappa shape index (κ1) is 18.9. The first-order valence-corrected chi connectivity index (χ1v) is 9.72. The van der Waals surface area contributed by atoms with E-state index in [1.54, 1.807) is 6.07 Å². The molecule has 0 spiro atoms. The second kappa shape index (κ2) is 7.77. The Labute approximate surface area is 154 Å². The molecule has 1 aliphatic heterocycles. The van der Waals surface area contributed by atoms with Crippen molar-refractivity contribution in [3.05, 3.63) is 53.1 Å². The summed E-state index contributed by atoms with van der Waals surface area (Å²) >= 11 is 5.93. The Morgan fingerprint density at radius 3 is 2.58 bits per heavy atom. The van der Waals surface area contributed by atoms with E-state index >= 15 is 0 Å².